The minimum atomic E-state index is -0.770. The first kappa shape index (κ1) is 17.1. The maximum Gasteiger partial charge on any atom is 0.127 e. The van der Waals surface area contributed by atoms with Gasteiger partial charge < -0.3 is 9.84 Å². The first-order chi connectivity index (χ1) is 12.7. The van der Waals surface area contributed by atoms with E-state index >= 15 is 0 Å². The van der Waals surface area contributed by atoms with Gasteiger partial charge in [-0.15, -0.1) is 0 Å². The Bertz CT molecular complexity index is 859. The molecule has 0 aromatic heterocycles. The number of benzene rings is 3. The Labute approximate surface area is 154 Å². The molecular weight excluding hydrogens is 322 g/mol. The van der Waals surface area contributed by atoms with Gasteiger partial charge in [0.15, 0.2) is 0 Å². The lowest BCUT2D eigenvalue weighted by Crippen LogP contribution is -2.39. The van der Waals surface area contributed by atoms with Gasteiger partial charge >= 0.3 is 0 Å². The predicted octanol–water partition coefficient (Wildman–Crippen LogP) is 3.90. The van der Waals surface area contributed by atoms with Crippen LogP contribution in [-0.4, -0.2) is 41.8 Å². The van der Waals surface area contributed by atoms with Crippen molar-refractivity contribution < 1.29 is 9.84 Å². The highest BCUT2D eigenvalue weighted by atomic mass is 16.5. The second-order valence-electron chi connectivity index (χ2n) is 7.25. The molecule has 134 valence electrons. The number of aliphatic hydroxyl groups is 1. The Kier molecular flexibility index (Phi) is 4.91. The highest BCUT2D eigenvalue weighted by Gasteiger charge is 2.36. The molecule has 1 heterocycles. The molecule has 0 aliphatic carbocycles. The second-order valence-corrected chi connectivity index (χ2v) is 7.25. The Morgan fingerprint density at radius 2 is 1.69 bits per heavy atom. The maximum absolute atomic E-state index is 10.9. The van der Waals surface area contributed by atoms with Crippen LogP contribution in [0.3, 0.4) is 0 Å². The topological polar surface area (TPSA) is 32.7 Å². The van der Waals surface area contributed by atoms with Gasteiger partial charge in [0.25, 0.3) is 0 Å². The molecule has 1 fully saturated rings. The Morgan fingerprint density at radius 3 is 2.58 bits per heavy atom. The zero-order chi connectivity index (χ0) is 17.8. The van der Waals surface area contributed by atoms with Crippen LogP contribution in [0, 0.1) is 0 Å². The molecule has 1 aliphatic heterocycles. The van der Waals surface area contributed by atoms with Crippen molar-refractivity contribution in [2.24, 2.45) is 0 Å². The zero-order valence-electron chi connectivity index (χ0n) is 15.0. The molecule has 0 spiro atoms. The molecule has 1 saturated heterocycles. The fourth-order valence-corrected chi connectivity index (χ4v) is 3.71. The van der Waals surface area contributed by atoms with E-state index in [1.54, 1.807) is 0 Å². The van der Waals surface area contributed by atoms with E-state index in [4.69, 9.17) is 4.74 Å². The van der Waals surface area contributed by atoms with E-state index in [0.717, 1.165) is 42.5 Å². The fraction of sp³-hybridized carbons (Fsp3) is 0.304. The molecule has 4 rings (SSSR count). The van der Waals surface area contributed by atoms with Crippen LogP contribution < -0.4 is 4.74 Å². The first-order valence-electron chi connectivity index (χ1n) is 9.31. The van der Waals surface area contributed by atoms with Crippen LogP contribution in [0.15, 0.2) is 72.8 Å². The normalized spacial score (nSPS) is 20.5. The van der Waals surface area contributed by atoms with Gasteiger partial charge in [-0.2, -0.15) is 0 Å². The van der Waals surface area contributed by atoms with E-state index in [1.165, 1.54) is 5.56 Å². The molecular formula is C23H25NO2. The Hall–Kier alpha value is -2.36. The summed E-state index contributed by atoms with van der Waals surface area (Å²) in [6, 6.07) is 24.8. The van der Waals surface area contributed by atoms with E-state index in [1.807, 2.05) is 30.3 Å². The Morgan fingerprint density at radius 1 is 0.923 bits per heavy atom. The van der Waals surface area contributed by atoms with Crippen molar-refractivity contribution in [1.29, 1.82) is 0 Å². The highest BCUT2D eigenvalue weighted by molar-refractivity contribution is 5.88. The molecule has 1 unspecified atom stereocenters. The number of nitrogens with zero attached hydrogens (tertiary/aromatic N) is 1. The molecule has 1 N–H and O–H groups in total. The van der Waals surface area contributed by atoms with Gasteiger partial charge in [-0.3, -0.25) is 4.90 Å². The lowest BCUT2D eigenvalue weighted by molar-refractivity contribution is 0.00452. The fourth-order valence-electron chi connectivity index (χ4n) is 3.71. The molecule has 3 aromatic carbocycles. The lowest BCUT2D eigenvalue weighted by atomic mass is 10.1. The van der Waals surface area contributed by atoms with Crippen LogP contribution in [0.5, 0.6) is 5.75 Å². The quantitative estimate of drug-likeness (QED) is 0.734. The average molecular weight is 347 g/mol. The molecule has 1 atom stereocenters. The number of rotatable bonds is 6. The summed E-state index contributed by atoms with van der Waals surface area (Å²) in [6.07, 6.45) is 1.77. The van der Waals surface area contributed by atoms with Crippen LogP contribution in [0.2, 0.25) is 0 Å². The SMILES string of the molecule is OC1(COc2cccc3ccccc23)CCN(CCc2ccccc2)C1. The van der Waals surface area contributed by atoms with Crippen molar-refractivity contribution in [2.75, 3.05) is 26.2 Å². The molecule has 3 nitrogen and oxygen atoms in total. The second kappa shape index (κ2) is 7.48. The number of hydrogen-bond acceptors (Lipinski definition) is 3. The smallest absolute Gasteiger partial charge is 0.127 e. The summed E-state index contributed by atoms with van der Waals surface area (Å²) in [4.78, 5) is 2.33. The van der Waals surface area contributed by atoms with Crippen molar-refractivity contribution in [3.05, 3.63) is 78.4 Å². The van der Waals surface area contributed by atoms with Crippen LogP contribution in [0.4, 0.5) is 0 Å². The molecule has 3 heteroatoms. The first-order valence-corrected chi connectivity index (χ1v) is 9.31. The highest BCUT2D eigenvalue weighted by Crippen LogP contribution is 2.28. The maximum atomic E-state index is 10.9. The Balaban J connectivity index is 1.35. The van der Waals surface area contributed by atoms with Gasteiger partial charge in [-0.1, -0.05) is 66.7 Å². The minimum absolute atomic E-state index is 0.336. The number of hydrogen-bond donors (Lipinski definition) is 1. The van der Waals surface area contributed by atoms with E-state index in [-0.39, 0.29) is 0 Å². The van der Waals surface area contributed by atoms with Crippen molar-refractivity contribution in [3.8, 4) is 5.75 Å². The number of ether oxygens (including phenoxy) is 1. The summed E-state index contributed by atoms with van der Waals surface area (Å²) < 4.78 is 6.04. The van der Waals surface area contributed by atoms with Gasteiger partial charge in [-0.05, 0) is 29.9 Å². The summed E-state index contributed by atoms with van der Waals surface area (Å²) in [5.74, 6) is 0.847. The van der Waals surface area contributed by atoms with E-state index in [2.05, 4.69) is 47.4 Å². The van der Waals surface area contributed by atoms with Crippen LogP contribution >= 0.6 is 0 Å². The summed E-state index contributed by atoms with van der Waals surface area (Å²) in [5, 5.41) is 13.2. The monoisotopic (exact) mass is 347 g/mol. The summed E-state index contributed by atoms with van der Waals surface area (Å²) in [5.41, 5.74) is 0.572. The molecule has 0 saturated carbocycles. The third-order valence-electron chi connectivity index (χ3n) is 5.22. The van der Waals surface area contributed by atoms with Crippen LogP contribution in [-0.2, 0) is 6.42 Å². The number of fused-ring (bicyclic) bond motifs is 1. The third kappa shape index (κ3) is 3.90. The van der Waals surface area contributed by atoms with Crippen molar-refractivity contribution >= 4 is 10.8 Å². The zero-order valence-corrected chi connectivity index (χ0v) is 15.0. The third-order valence-corrected chi connectivity index (χ3v) is 5.22. The standard InChI is InChI=1S/C23H25NO2/c25-23(14-16-24(17-23)15-13-19-7-2-1-3-8-19)18-26-22-12-6-10-20-9-4-5-11-21(20)22/h1-12,25H,13-18H2. The molecule has 3 aromatic rings. The minimum Gasteiger partial charge on any atom is -0.490 e. The van der Waals surface area contributed by atoms with Crippen LogP contribution in [0.25, 0.3) is 10.8 Å². The van der Waals surface area contributed by atoms with Gasteiger partial charge in [0.2, 0.25) is 0 Å². The summed E-state index contributed by atoms with van der Waals surface area (Å²) in [7, 11) is 0. The summed E-state index contributed by atoms with van der Waals surface area (Å²) in [6.45, 7) is 2.90. The van der Waals surface area contributed by atoms with E-state index in [9.17, 15) is 5.11 Å². The summed E-state index contributed by atoms with van der Waals surface area (Å²) >= 11 is 0. The van der Waals surface area contributed by atoms with Gasteiger partial charge in [0.05, 0.1) is 0 Å². The van der Waals surface area contributed by atoms with Gasteiger partial charge in [-0.25, -0.2) is 0 Å². The number of β-amino-alcohol motifs (C(OH)–C–C–N with tert-alkyl or cyclic N) is 1. The molecule has 26 heavy (non-hydrogen) atoms. The van der Waals surface area contributed by atoms with E-state index in [0.29, 0.717) is 13.2 Å². The van der Waals surface area contributed by atoms with Crippen molar-refractivity contribution in [2.45, 2.75) is 18.4 Å². The van der Waals surface area contributed by atoms with Gasteiger partial charge in [0.1, 0.15) is 18.0 Å². The average Bonchev–Trinajstić information content (AvgIpc) is 3.07. The van der Waals surface area contributed by atoms with Gasteiger partial charge in [0, 0.05) is 25.0 Å². The van der Waals surface area contributed by atoms with Crippen LogP contribution in [0.1, 0.15) is 12.0 Å². The number of likely N-dealkylation sites (tertiary alicyclic amines) is 1. The van der Waals surface area contributed by atoms with E-state index < -0.39 is 5.60 Å². The molecule has 0 amide bonds. The van der Waals surface area contributed by atoms with Crippen molar-refractivity contribution in [3.63, 3.8) is 0 Å². The predicted molar refractivity (Wildman–Crippen MR) is 106 cm³/mol. The van der Waals surface area contributed by atoms with Crippen molar-refractivity contribution in [1.82, 2.24) is 4.90 Å². The molecule has 1 aliphatic rings. The largest absolute Gasteiger partial charge is 0.490 e. The molecule has 0 bridgehead atoms. The lowest BCUT2D eigenvalue weighted by Gasteiger charge is -2.24. The molecule has 0 radical (unpaired) electrons.